The third-order valence-corrected chi connectivity index (χ3v) is 6.11. The number of benzene rings is 1. The van der Waals surface area contributed by atoms with Gasteiger partial charge in [-0.15, -0.1) is 0 Å². The lowest BCUT2D eigenvalue weighted by Gasteiger charge is -2.44. The lowest BCUT2D eigenvalue weighted by atomic mass is 9.78. The molecule has 3 heteroatoms. The van der Waals surface area contributed by atoms with Gasteiger partial charge in [0.25, 0.3) is 0 Å². The van der Waals surface area contributed by atoms with Crippen LogP contribution in [0.4, 0.5) is 0 Å². The number of fused-ring (bicyclic) bond motifs is 1. The number of halogens is 1. The minimum Gasteiger partial charge on any atom is -0.324 e. The zero-order valence-electron chi connectivity index (χ0n) is 12.8. The van der Waals surface area contributed by atoms with Crippen LogP contribution in [0.25, 0.3) is 0 Å². The quantitative estimate of drug-likeness (QED) is 0.866. The standard InChI is InChI=1S/C18H27BrN2/c19-16-9-3-2-8-15(16)17(20)11-13-21-12-5-7-14-6-1-4-10-18(14)21/h2-3,8-9,14,17-18H,1,4-7,10-13,20H2/t14-,17?,18-/m1/s1. The van der Waals surface area contributed by atoms with Crippen LogP contribution in [0.1, 0.15) is 56.6 Å². The minimum atomic E-state index is 0.143. The summed E-state index contributed by atoms with van der Waals surface area (Å²) < 4.78 is 1.15. The second-order valence-corrected chi connectivity index (χ2v) is 7.56. The van der Waals surface area contributed by atoms with Gasteiger partial charge in [-0.1, -0.05) is 47.0 Å². The minimum absolute atomic E-state index is 0.143. The van der Waals surface area contributed by atoms with E-state index in [-0.39, 0.29) is 6.04 Å². The van der Waals surface area contributed by atoms with E-state index in [1.54, 1.807) is 0 Å². The molecule has 2 aliphatic rings. The predicted octanol–water partition coefficient (Wildman–Crippen LogP) is 4.49. The van der Waals surface area contributed by atoms with Crippen molar-refractivity contribution in [3.05, 3.63) is 34.3 Å². The first-order chi connectivity index (χ1) is 10.3. The van der Waals surface area contributed by atoms with Gasteiger partial charge in [0.15, 0.2) is 0 Å². The van der Waals surface area contributed by atoms with Crippen molar-refractivity contribution in [3.63, 3.8) is 0 Å². The molecule has 0 radical (unpaired) electrons. The molecule has 2 N–H and O–H groups in total. The maximum Gasteiger partial charge on any atom is 0.0318 e. The summed E-state index contributed by atoms with van der Waals surface area (Å²) in [4.78, 5) is 2.74. The fourth-order valence-corrected chi connectivity index (χ4v) is 4.82. The average Bonchev–Trinajstić information content (AvgIpc) is 2.53. The lowest BCUT2D eigenvalue weighted by molar-refractivity contribution is 0.0586. The normalized spacial score (nSPS) is 28.1. The monoisotopic (exact) mass is 350 g/mol. The van der Waals surface area contributed by atoms with Crippen molar-refractivity contribution in [3.8, 4) is 0 Å². The van der Waals surface area contributed by atoms with Gasteiger partial charge in [0.05, 0.1) is 0 Å². The first-order valence-corrected chi connectivity index (χ1v) is 9.29. The molecule has 1 aliphatic heterocycles. The zero-order valence-corrected chi connectivity index (χ0v) is 14.4. The summed E-state index contributed by atoms with van der Waals surface area (Å²) in [7, 11) is 0. The maximum absolute atomic E-state index is 6.42. The van der Waals surface area contributed by atoms with Gasteiger partial charge in [-0.3, -0.25) is 0 Å². The van der Waals surface area contributed by atoms with Gasteiger partial charge in [0.1, 0.15) is 0 Å². The summed E-state index contributed by atoms with van der Waals surface area (Å²) in [6.07, 6.45) is 9.64. The van der Waals surface area contributed by atoms with E-state index in [1.807, 2.05) is 0 Å². The first-order valence-electron chi connectivity index (χ1n) is 8.50. The summed E-state index contributed by atoms with van der Waals surface area (Å²) in [6.45, 7) is 2.44. The molecular weight excluding hydrogens is 324 g/mol. The van der Waals surface area contributed by atoms with E-state index in [1.165, 1.54) is 50.6 Å². The number of piperidine rings is 1. The Kier molecular flexibility index (Phi) is 5.36. The van der Waals surface area contributed by atoms with Crippen molar-refractivity contribution < 1.29 is 0 Å². The van der Waals surface area contributed by atoms with Crippen LogP contribution < -0.4 is 5.73 Å². The summed E-state index contributed by atoms with van der Waals surface area (Å²) in [5, 5.41) is 0. The Bertz CT molecular complexity index is 460. The largest absolute Gasteiger partial charge is 0.324 e. The molecule has 1 aliphatic carbocycles. The summed E-state index contributed by atoms with van der Waals surface area (Å²) in [5.41, 5.74) is 7.67. The molecular formula is C18H27BrN2. The van der Waals surface area contributed by atoms with Crippen LogP contribution in [-0.2, 0) is 0 Å². The van der Waals surface area contributed by atoms with Gasteiger partial charge in [-0.05, 0) is 56.2 Å². The molecule has 1 unspecified atom stereocenters. The molecule has 1 aromatic carbocycles. The second kappa shape index (κ2) is 7.26. The molecule has 2 fully saturated rings. The van der Waals surface area contributed by atoms with E-state index >= 15 is 0 Å². The van der Waals surface area contributed by atoms with Crippen molar-refractivity contribution in [1.29, 1.82) is 0 Å². The summed E-state index contributed by atoms with van der Waals surface area (Å²) in [6, 6.07) is 9.36. The van der Waals surface area contributed by atoms with Gasteiger partial charge >= 0.3 is 0 Å². The van der Waals surface area contributed by atoms with Gasteiger partial charge in [0.2, 0.25) is 0 Å². The molecule has 1 aromatic rings. The number of hydrogen-bond acceptors (Lipinski definition) is 2. The topological polar surface area (TPSA) is 29.3 Å². The number of nitrogens with two attached hydrogens (primary N) is 1. The first kappa shape index (κ1) is 15.5. The van der Waals surface area contributed by atoms with Gasteiger partial charge in [-0.2, -0.15) is 0 Å². The molecule has 3 rings (SSSR count). The van der Waals surface area contributed by atoms with E-state index < -0.39 is 0 Å². The molecule has 2 nitrogen and oxygen atoms in total. The smallest absolute Gasteiger partial charge is 0.0318 e. The van der Waals surface area contributed by atoms with E-state index in [2.05, 4.69) is 45.1 Å². The Balaban J connectivity index is 1.58. The Morgan fingerprint density at radius 3 is 2.76 bits per heavy atom. The van der Waals surface area contributed by atoms with Gasteiger partial charge in [0, 0.05) is 23.1 Å². The van der Waals surface area contributed by atoms with Crippen molar-refractivity contribution in [2.45, 2.75) is 57.0 Å². The van der Waals surface area contributed by atoms with E-state index in [0.717, 1.165) is 29.4 Å². The Morgan fingerprint density at radius 2 is 1.90 bits per heavy atom. The SMILES string of the molecule is NC(CCN1CCC[C@H]2CCCC[C@H]21)c1ccccc1Br. The number of rotatable bonds is 4. The highest BCUT2D eigenvalue weighted by Crippen LogP contribution is 2.35. The van der Waals surface area contributed by atoms with Crippen molar-refractivity contribution >= 4 is 15.9 Å². The van der Waals surface area contributed by atoms with Crippen LogP contribution in [-0.4, -0.2) is 24.0 Å². The van der Waals surface area contributed by atoms with Crippen LogP contribution in [0.3, 0.4) is 0 Å². The fraction of sp³-hybridized carbons (Fsp3) is 0.667. The molecule has 3 atom stereocenters. The Labute approximate surface area is 137 Å². The highest BCUT2D eigenvalue weighted by molar-refractivity contribution is 9.10. The molecule has 0 spiro atoms. The Morgan fingerprint density at radius 1 is 1.14 bits per heavy atom. The second-order valence-electron chi connectivity index (χ2n) is 6.71. The number of likely N-dealkylation sites (tertiary alicyclic amines) is 1. The fourth-order valence-electron chi connectivity index (χ4n) is 4.24. The van der Waals surface area contributed by atoms with E-state index in [9.17, 15) is 0 Å². The number of hydrogen-bond donors (Lipinski definition) is 1. The molecule has 1 heterocycles. The molecule has 0 bridgehead atoms. The highest BCUT2D eigenvalue weighted by atomic mass is 79.9. The van der Waals surface area contributed by atoms with Crippen LogP contribution in [0, 0.1) is 5.92 Å². The average molecular weight is 351 g/mol. The molecule has 0 aromatic heterocycles. The third-order valence-electron chi connectivity index (χ3n) is 5.39. The van der Waals surface area contributed by atoms with E-state index in [0.29, 0.717) is 0 Å². The lowest BCUT2D eigenvalue weighted by Crippen LogP contribution is -2.47. The summed E-state index contributed by atoms with van der Waals surface area (Å²) in [5.74, 6) is 0.965. The molecule has 0 amide bonds. The van der Waals surface area contributed by atoms with Crippen molar-refractivity contribution in [2.24, 2.45) is 11.7 Å². The summed E-state index contributed by atoms with van der Waals surface area (Å²) >= 11 is 3.62. The molecule has 21 heavy (non-hydrogen) atoms. The van der Waals surface area contributed by atoms with Crippen LogP contribution in [0.5, 0.6) is 0 Å². The maximum atomic E-state index is 6.42. The van der Waals surface area contributed by atoms with Gasteiger partial charge in [-0.25, -0.2) is 0 Å². The zero-order chi connectivity index (χ0) is 14.7. The van der Waals surface area contributed by atoms with Crippen molar-refractivity contribution in [2.75, 3.05) is 13.1 Å². The van der Waals surface area contributed by atoms with Gasteiger partial charge < -0.3 is 10.6 Å². The van der Waals surface area contributed by atoms with E-state index in [4.69, 9.17) is 5.73 Å². The molecule has 1 saturated heterocycles. The molecule has 1 saturated carbocycles. The van der Waals surface area contributed by atoms with Crippen LogP contribution in [0.15, 0.2) is 28.7 Å². The van der Waals surface area contributed by atoms with Crippen LogP contribution >= 0.6 is 15.9 Å². The predicted molar refractivity (Wildman–Crippen MR) is 92.2 cm³/mol. The third kappa shape index (κ3) is 3.69. The van der Waals surface area contributed by atoms with Crippen molar-refractivity contribution in [1.82, 2.24) is 4.90 Å². The Hall–Kier alpha value is -0.380. The molecule has 116 valence electrons. The highest BCUT2D eigenvalue weighted by Gasteiger charge is 2.32. The number of nitrogens with zero attached hydrogens (tertiary/aromatic N) is 1. The van der Waals surface area contributed by atoms with Crippen LogP contribution in [0.2, 0.25) is 0 Å².